The summed E-state index contributed by atoms with van der Waals surface area (Å²) < 4.78 is 2.12. The number of amides is 1. The van der Waals surface area contributed by atoms with Crippen LogP contribution in [0.2, 0.25) is 0 Å². The molecule has 0 aliphatic heterocycles. The van der Waals surface area contributed by atoms with Gasteiger partial charge in [-0.15, -0.1) is 0 Å². The van der Waals surface area contributed by atoms with Crippen molar-refractivity contribution in [2.75, 3.05) is 0 Å². The lowest BCUT2D eigenvalue weighted by Gasteiger charge is -2.18. The number of rotatable bonds is 6. The van der Waals surface area contributed by atoms with Crippen molar-refractivity contribution in [3.05, 3.63) is 54.1 Å². The van der Waals surface area contributed by atoms with Crippen LogP contribution in [0.25, 0.3) is 0 Å². The van der Waals surface area contributed by atoms with Crippen LogP contribution in [0.1, 0.15) is 36.9 Å². The zero-order chi connectivity index (χ0) is 13.7. The average Bonchev–Trinajstić information content (AvgIpc) is 2.90. The molecular weight excluding hydrogens is 238 g/mol. The van der Waals surface area contributed by atoms with Gasteiger partial charge in [-0.05, 0) is 17.5 Å². The van der Waals surface area contributed by atoms with E-state index in [9.17, 15) is 4.79 Å². The van der Waals surface area contributed by atoms with Gasteiger partial charge in [0.05, 0.1) is 18.8 Å². The van der Waals surface area contributed by atoms with Gasteiger partial charge in [0.2, 0.25) is 5.91 Å². The summed E-state index contributed by atoms with van der Waals surface area (Å²) in [5.41, 5.74) is 7.38. The highest BCUT2D eigenvalue weighted by Crippen LogP contribution is 2.23. The van der Waals surface area contributed by atoms with Gasteiger partial charge in [0, 0.05) is 12.4 Å². The van der Waals surface area contributed by atoms with E-state index < -0.39 is 0 Å². The van der Waals surface area contributed by atoms with Crippen molar-refractivity contribution >= 4 is 5.91 Å². The highest BCUT2D eigenvalue weighted by molar-refractivity contribution is 5.76. The minimum absolute atomic E-state index is 0.295. The number of hydrogen-bond acceptors (Lipinski definition) is 2. The first kappa shape index (κ1) is 13.3. The summed E-state index contributed by atoms with van der Waals surface area (Å²) in [5, 5.41) is 0. The number of nitrogens with two attached hydrogens (primary N) is 1. The van der Waals surface area contributed by atoms with E-state index in [2.05, 4.69) is 28.6 Å². The molecule has 1 unspecified atom stereocenters. The molecule has 0 bridgehead atoms. The standard InChI is InChI=1S/C15H19N3O/c1-2-3-14(18-9-8-17-11-18)13-6-4-12(5-7-13)10-15(16)19/h4-9,11,14H,2-3,10H2,1H3,(H2,16,19). The summed E-state index contributed by atoms with van der Waals surface area (Å²) in [6.45, 7) is 2.17. The molecule has 1 aromatic carbocycles. The van der Waals surface area contributed by atoms with Crippen LogP contribution in [-0.4, -0.2) is 15.5 Å². The smallest absolute Gasteiger partial charge is 0.221 e. The van der Waals surface area contributed by atoms with Crippen LogP contribution >= 0.6 is 0 Å². The second-order valence-electron chi connectivity index (χ2n) is 4.70. The minimum atomic E-state index is -0.299. The van der Waals surface area contributed by atoms with E-state index in [0.717, 1.165) is 18.4 Å². The van der Waals surface area contributed by atoms with Gasteiger partial charge in [0.25, 0.3) is 0 Å². The third-order valence-corrected chi connectivity index (χ3v) is 3.19. The second kappa shape index (κ2) is 6.18. The maximum absolute atomic E-state index is 10.9. The maximum Gasteiger partial charge on any atom is 0.221 e. The van der Waals surface area contributed by atoms with Crippen molar-refractivity contribution in [3.8, 4) is 0 Å². The Kier molecular flexibility index (Phi) is 4.34. The van der Waals surface area contributed by atoms with Crippen molar-refractivity contribution in [3.63, 3.8) is 0 Å². The van der Waals surface area contributed by atoms with E-state index in [-0.39, 0.29) is 5.91 Å². The van der Waals surface area contributed by atoms with Gasteiger partial charge < -0.3 is 10.3 Å². The Bertz CT molecular complexity index is 517. The van der Waals surface area contributed by atoms with E-state index in [0.29, 0.717) is 12.5 Å². The first-order valence-electron chi connectivity index (χ1n) is 6.55. The molecule has 2 N–H and O–H groups in total. The monoisotopic (exact) mass is 257 g/mol. The molecule has 1 heterocycles. The SMILES string of the molecule is CCCC(c1ccc(CC(N)=O)cc1)n1ccnc1. The summed E-state index contributed by atoms with van der Waals surface area (Å²) in [4.78, 5) is 15.0. The van der Waals surface area contributed by atoms with Crippen LogP contribution in [-0.2, 0) is 11.2 Å². The molecule has 0 spiro atoms. The normalized spacial score (nSPS) is 12.3. The first-order valence-corrected chi connectivity index (χ1v) is 6.55. The van der Waals surface area contributed by atoms with E-state index in [1.807, 2.05) is 24.7 Å². The number of hydrogen-bond donors (Lipinski definition) is 1. The van der Waals surface area contributed by atoms with Crippen LogP contribution in [0.15, 0.2) is 43.0 Å². The Morgan fingerprint density at radius 2 is 2.11 bits per heavy atom. The summed E-state index contributed by atoms with van der Waals surface area (Å²) >= 11 is 0. The van der Waals surface area contributed by atoms with E-state index in [4.69, 9.17) is 5.73 Å². The fraction of sp³-hybridized carbons (Fsp3) is 0.333. The van der Waals surface area contributed by atoms with E-state index in [1.54, 1.807) is 6.20 Å². The molecule has 0 fully saturated rings. The minimum Gasteiger partial charge on any atom is -0.369 e. The topological polar surface area (TPSA) is 60.9 Å². The number of benzene rings is 1. The number of carbonyl (C=O) groups is 1. The third-order valence-electron chi connectivity index (χ3n) is 3.19. The fourth-order valence-corrected chi connectivity index (χ4v) is 2.27. The average molecular weight is 257 g/mol. The zero-order valence-electron chi connectivity index (χ0n) is 11.1. The highest BCUT2D eigenvalue weighted by atomic mass is 16.1. The number of primary amides is 1. The molecule has 4 heteroatoms. The molecule has 1 atom stereocenters. The van der Waals surface area contributed by atoms with Gasteiger partial charge in [-0.2, -0.15) is 0 Å². The molecule has 0 radical (unpaired) electrons. The van der Waals surface area contributed by atoms with Gasteiger partial charge in [-0.3, -0.25) is 4.79 Å². The van der Waals surface area contributed by atoms with Crippen molar-refractivity contribution < 1.29 is 4.79 Å². The van der Waals surface area contributed by atoms with Crippen LogP contribution in [0, 0.1) is 0 Å². The summed E-state index contributed by atoms with van der Waals surface area (Å²) in [5.74, 6) is -0.299. The van der Waals surface area contributed by atoms with Gasteiger partial charge >= 0.3 is 0 Å². The molecule has 4 nitrogen and oxygen atoms in total. The van der Waals surface area contributed by atoms with Crippen LogP contribution in [0.4, 0.5) is 0 Å². The van der Waals surface area contributed by atoms with Crippen molar-refractivity contribution in [2.45, 2.75) is 32.2 Å². The summed E-state index contributed by atoms with van der Waals surface area (Å²) in [6.07, 6.45) is 8.08. The van der Waals surface area contributed by atoms with Crippen molar-refractivity contribution in [1.29, 1.82) is 0 Å². The predicted molar refractivity (Wildman–Crippen MR) is 74.6 cm³/mol. The van der Waals surface area contributed by atoms with E-state index in [1.165, 1.54) is 5.56 Å². The number of imidazole rings is 1. The molecule has 0 aliphatic rings. The maximum atomic E-state index is 10.9. The van der Waals surface area contributed by atoms with Gasteiger partial charge in [0.1, 0.15) is 0 Å². The molecule has 19 heavy (non-hydrogen) atoms. The lowest BCUT2D eigenvalue weighted by molar-refractivity contribution is -0.117. The Labute approximate surface area is 113 Å². The summed E-state index contributed by atoms with van der Waals surface area (Å²) in [7, 11) is 0. The summed E-state index contributed by atoms with van der Waals surface area (Å²) in [6, 6.07) is 8.38. The third kappa shape index (κ3) is 3.44. The van der Waals surface area contributed by atoms with Crippen LogP contribution in [0.3, 0.4) is 0 Å². The molecule has 2 aromatic rings. The molecule has 0 saturated heterocycles. The molecule has 2 rings (SSSR count). The second-order valence-corrected chi connectivity index (χ2v) is 4.70. The first-order chi connectivity index (χ1) is 9.20. The molecule has 1 aromatic heterocycles. The van der Waals surface area contributed by atoms with Crippen LogP contribution < -0.4 is 5.73 Å². The van der Waals surface area contributed by atoms with E-state index >= 15 is 0 Å². The number of nitrogens with zero attached hydrogens (tertiary/aromatic N) is 2. The Morgan fingerprint density at radius 1 is 1.37 bits per heavy atom. The van der Waals surface area contributed by atoms with Gasteiger partial charge in [-0.1, -0.05) is 37.6 Å². The molecule has 0 aliphatic carbocycles. The Balaban J connectivity index is 2.20. The number of aromatic nitrogens is 2. The lowest BCUT2D eigenvalue weighted by Crippen LogP contribution is -2.14. The van der Waals surface area contributed by atoms with Gasteiger partial charge in [0.15, 0.2) is 0 Å². The van der Waals surface area contributed by atoms with Crippen molar-refractivity contribution in [2.24, 2.45) is 5.73 Å². The Morgan fingerprint density at radius 3 is 2.63 bits per heavy atom. The highest BCUT2D eigenvalue weighted by Gasteiger charge is 2.12. The zero-order valence-corrected chi connectivity index (χ0v) is 11.1. The van der Waals surface area contributed by atoms with Crippen LogP contribution in [0.5, 0.6) is 0 Å². The molecular formula is C15H19N3O. The molecule has 100 valence electrons. The Hall–Kier alpha value is -2.10. The quantitative estimate of drug-likeness (QED) is 0.863. The molecule has 1 amide bonds. The number of carbonyl (C=O) groups excluding carboxylic acids is 1. The van der Waals surface area contributed by atoms with Crippen molar-refractivity contribution in [1.82, 2.24) is 9.55 Å². The fourth-order valence-electron chi connectivity index (χ4n) is 2.27. The molecule has 0 saturated carbocycles. The van der Waals surface area contributed by atoms with Gasteiger partial charge in [-0.25, -0.2) is 4.98 Å². The lowest BCUT2D eigenvalue weighted by atomic mass is 10.00. The largest absolute Gasteiger partial charge is 0.369 e. The predicted octanol–water partition coefficient (Wildman–Crippen LogP) is 2.30.